The first-order chi connectivity index (χ1) is 7.65. The molecule has 0 atom stereocenters. The Kier molecular flexibility index (Phi) is 3.75. The number of rotatable bonds is 2. The van der Waals surface area contributed by atoms with Gasteiger partial charge in [0.15, 0.2) is 0 Å². The topological polar surface area (TPSA) is 79.4 Å². The Labute approximate surface area is 102 Å². The third-order valence-electron chi connectivity index (χ3n) is 2.33. The monoisotopic (exact) mass is 255 g/mol. The molecule has 0 unspecified atom stereocenters. The lowest BCUT2D eigenvalue weighted by atomic mass is 10.1. The van der Waals surface area contributed by atoms with Crippen molar-refractivity contribution in [2.75, 3.05) is 7.11 Å². The summed E-state index contributed by atoms with van der Waals surface area (Å²) in [5.41, 5.74) is -0.291. The summed E-state index contributed by atoms with van der Waals surface area (Å²) in [6.45, 7) is 0. The lowest BCUT2D eigenvalue weighted by molar-refractivity contribution is 0.0695. The van der Waals surface area contributed by atoms with Crippen LogP contribution in [0.25, 0.3) is 10.9 Å². The molecule has 0 saturated carbocycles. The van der Waals surface area contributed by atoms with Crippen molar-refractivity contribution in [3.63, 3.8) is 0 Å². The van der Waals surface area contributed by atoms with Crippen molar-refractivity contribution < 1.29 is 14.6 Å². The van der Waals surface area contributed by atoms with Crippen LogP contribution in [0, 0.1) is 0 Å². The molecule has 2 aromatic rings. The minimum atomic E-state index is -1.24. The predicted molar refractivity (Wildman–Crippen MR) is 65.3 cm³/mol. The molecule has 0 fully saturated rings. The summed E-state index contributed by atoms with van der Waals surface area (Å²) >= 11 is 0. The van der Waals surface area contributed by atoms with Gasteiger partial charge in [0.05, 0.1) is 18.0 Å². The third kappa shape index (κ3) is 2.09. The number of aromatic nitrogens is 1. The molecule has 0 aliphatic carbocycles. The maximum Gasteiger partial charge on any atom is 0.341 e. The van der Waals surface area contributed by atoms with E-state index in [9.17, 15) is 9.59 Å². The van der Waals surface area contributed by atoms with Gasteiger partial charge in [-0.2, -0.15) is 0 Å². The van der Waals surface area contributed by atoms with Crippen molar-refractivity contribution in [3.05, 3.63) is 40.2 Å². The molecule has 2 rings (SSSR count). The molecule has 1 heterocycles. The summed E-state index contributed by atoms with van der Waals surface area (Å²) in [4.78, 5) is 25.3. The maximum absolute atomic E-state index is 11.8. The molecule has 90 valence electrons. The van der Waals surface area contributed by atoms with E-state index < -0.39 is 11.4 Å². The van der Waals surface area contributed by atoms with Gasteiger partial charge in [0.1, 0.15) is 11.3 Å². The molecule has 5 nitrogen and oxygen atoms in total. The van der Waals surface area contributed by atoms with Crippen LogP contribution in [0.15, 0.2) is 29.2 Å². The number of fused-ring (bicyclic) bond motifs is 1. The number of carboxylic acid groups (broad SMARTS) is 1. The molecule has 0 aliphatic heterocycles. The van der Waals surface area contributed by atoms with E-state index in [1.807, 2.05) is 0 Å². The van der Waals surface area contributed by atoms with Crippen LogP contribution in [-0.2, 0) is 0 Å². The molecule has 1 aromatic heterocycles. The molecule has 0 amide bonds. The number of halogens is 1. The number of benzene rings is 1. The summed E-state index contributed by atoms with van der Waals surface area (Å²) in [6, 6.07) is 4.89. The van der Waals surface area contributed by atoms with E-state index in [4.69, 9.17) is 9.84 Å². The van der Waals surface area contributed by atoms with Crippen LogP contribution in [0.5, 0.6) is 5.75 Å². The number of pyridine rings is 1. The average Bonchev–Trinajstić information content (AvgIpc) is 2.28. The number of para-hydroxylation sites is 1. The highest BCUT2D eigenvalue weighted by Gasteiger charge is 2.12. The van der Waals surface area contributed by atoms with Crippen LogP contribution >= 0.6 is 12.4 Å². The Balaban J connectivity index is 0.00000144. The summed E-state index contributed by atoms with van der Waals surface area (Å²) in [5, 5.41) is 9.11. The van der Waals surface area contributed by atoms with E-state index >= 15 is 0 Å². The number of aromatic carboxylic acids is 1. The Morgan fingerprint density at radius 2 is 2.12 bits per heavy atom. The second-order valence-electron chi connectivity index (χ2n) is 3.22. The molecule has 6 heteroatoms. The van der Waals surface area contributed by atoms with Crippen LogP contribution in [0.4, 0.5) is 0 Å². The molecule has 0 aliphatic rings. The number of nitrogens with one attached hydrogen (secondary N) is 1. The van der Waals surface area contributed by atoms with Gasteiger partial charge in [-0.15, -0.1) is 12.4 Å². The van der Waals surface area contributed by atoms with Crippen molar-refractivity contribution in [1.29, 1.82) is 0 Å². The number of H-pyrrole nitrogens is 1. The van der Waals surface area contributed by atoms with E-state index in [-0.39, 0.29) is 18.0 Å². The summed E-state index contributed by atoms with van der Waals surface area (Å²) in [5.74, 6) is -0.738. The van der Waals surface area contributed by atoms with Gasteiger partial charge in [-0.3, -0.25) is 4.79 Å². The van der Waals surface area contributed by atoms with Crippen LogP contribution in [0.3, 0.4) is 0 Å². The van der Waals surface area contributed by atoms with Gasteiger partial charge in [0.2, 0.25) is 5.43 Å². The standard InChI is InChI=1S/C11H9NO4.ClH/c1-16-8-4-2-3-6-9(8)12-5-7(10(6)13)11(14)15;/h2-5H,1H3,(H,12,13)(H,14,15);1H. The first-order valence-electron chi connectivity index (χ1n) is 4.57. The zero-order valence-electron chi connectivity index (χ0n) is 8.89. The van der Waals surface area contributed by atoms with Gasteiger partial charge in [-0.25, -0.2) is 4.79 Å². The van der Waals surface area contributed by atoms with Gasteiger partial charge >= 0.3 is 5.97 Å². The molecule has 0 saturated heterocycles. The van der Waals surface area contributed by atoms with E-state index in [1.54, 1.807) is 18.2 Å². The van der Waals surface area contributed by atoms with E-state index in [0.717, 1.165) is 0 Å². The van der Waals surface area contributed by atoms with Gasteiger partial charge < -0.3 is 14.8 Å². The summed E-state index contributed by atoms with van der Waals surface area (Å²) in [7, 11) is 1.48. The van der Waals surface area contributed by atoms with Crippen LogP contribution in [-0.4, -0.2) is 23.2 Å². The Morgan fingerprint density at radius 3 is 2.71 bits per heavy atom. The van der Waals surface area contributed by atoms with Crippen LogP contribution < -0.4 is 10.2 Å². The smallest absolute Gasteiger partial charge is 0.341 e. The highest BCUT2D eigenvalue weighted by Crippen LogP contribution is 2.20. The van der Waals surface area contributed by atoms with Crippen molar-refractivity contribution in [3.8, 4) is 5.75 Å². The fourth-order valence-corrected chi connectivity index (χ4v) is 1.55. The van der Waals surface area contributed by atoms with Crippen molar-refractivity contribution in [2.24, 2.45) is 0 Å². The van der Waals surface area contributed by atoms with Crippen molar-refractivity contribution in [1.82, 2.24) is 4.98 Å². The Hall–Kier alpha value is -2.01. The number of hydrogen-bond acceptors (Lipinski definition) is 3. The van der Waals surface area contributed by atoms with Crippen LogP contribution in [0.1, 0.15) is 10.4 Å². The van der Waals surface area contributed by atoms with Gasteiger partial charge in [0.25, 0.3) is 0 Å². The molecular weight excluding hydrogens is 246 g/mol. The van der Waals surface area contributed by atoms with E-state index in [0.29, 0.717) is 16.7 Å². The first kappa shape index (κ1) is 13.1. The molecule has 17 heavy (non-hydrogen) atoms. The predicted octanol–water partition coefficient (Wildman–Crippen LogP) is 1.66. The van der Waals surface area contributed by atoms with Crippen molar-refractivity contribution in [2.45, 2.75) is 0 Å². The first-order valence-corrected chi connectivity index (χ1v) is 4.57. The van der Waals surface area contributed by atoms with Gasteiger partial charge in [-0.05, 0) is 12.1 Å². The zero-order valence-corrected chi connectivity index (χ0v) is 9.71. The number of hydrogen-bond donors (Lipinski definition) is 2. The largest absolute Gasteiger partial charge is 0.495 e. The fourth-order valence-electron chi connectivity index (χ4n) is 1.55. The number of aromatic amines is 1. The minimum absolute atomic E-state index is 0. The molecule has 0 radical (unpaired) electrons. The Morgan fingerprint density at radius 1 is 1.41 bits per heavy atom. The highest BCUT2D eigenvalue weighted by atomic mass is 35.5. The zero-order chi connectivity index (χ0) is 11.7. The number of carbonyl (C=O) groups is 1. The summed E-state index contributed by atoms with van der Waals surface area (Å²) in [6.07, 6.45) is 1.18. The normalized spacial score (nSPS) is 9.71. The SMILES string of the molecule is COc1cccc2c(=O)c(C(=O)O)c[nH]c12.Cl. The summed E-state index contributed by atoms with van der Waals surface area (Å²) < 4.78 is 5.07. The van der Waals surface area contributed by atoms with E-state index in [1.165, 1.54) is 13.3 Å². The molecular formula is C11H10ClNO4. The quantitative estimate of drug-likeness (QED) is 0.855. The second-order valence-corrected chi connectivity index (χ2v) is 3.22. The average molecular weight is 256 g/mol. The minimum Gasteiger partial charge on any atom is -0.495 e. The molecule has 1 aromatic carbocycles. The van der Waals surface area contributed by atoms with Crippen LogP contribution in [0.2, 0.25) is 0 Å². The highest BCUT2D eigenvalue weighted by molar-refractivity contribution is 5.93. The second kappa shape index (κ2) is 4.88. The molecule has 2 N–H and O–H groups in total. The Bertz CT molecular complexity index is 620. The molecule has 0 spiro atoms. The lowest BCUT2D eigenvalue weighted by Crippen LogP contribution is -2.15. The lowest BCUT2D eigenvalue weighted by Gasteiger charge is -2.04. The van der Waals surface area contributed by atoms with Gasteiger partial charge in [0, 0.05) is 6.20 Å². The number of ether oxygens (including phenoxy) is 1. The molecule has 0 bridgehead atoms. The number of methoxy groups -OCH3 is 1. The van der Waals surface area contributed by atoms with E-state index in [2.05, 4.69) is 4.98 Å². The van der Waals surface area contributed by atoms with Gasteiger partial charge in [-0.1, -0.05) is 6.07 Å². The number of carboxylic acids is 1. The third-order valence-corrected chi connectivity index (χ3v) is 2.33. The fraction of sp³-hybridized carbons (Fsp3) is 0.0909. The van der Waals surface area contributed by atoms with Crippen molar-refractivity contribution >= 4 is 29.3 Å². The maximum atomic E-state index is 11.8.